The summed E-state index contributed by atoms with van der Waals surface area (Å²) in [6.07, 6.45) is 6.26. The SMILES string of the molecule is CC1=C(CC2CO2)C2CCC1C2. The third-order valence-electron chi connectivity index (χ3n) is 3.89. The highest BCUT2D eigenvalue weighted by atomic mass is 16.6. The Bertz CT molecular complexity index is 237. The number of hydrogen-bond donors (Lipinski definition) is 0. The van der Waals surface area contributed by atoms with Gasteiger partial charge in [-0.1, -0.05) is 11.1 Å². The molecule has 0 aromatic carbocycles. The second-order valence-electron chi connectivity index (χ2n) is 4.57. The molecule has 0 spiro atoms. The molecule has 12 heavy (non-hydrogen) atoms. The molecular weight excluding hydrogens is 148 g/mol. The Morgan fingerprint density at radius 1 is 1.33 bits per heavy atom. The summed E-state index contributed by atoms with van der Waals surface area (Å²) in [4.78, 5) is 0. The molecular formula is C11H16O. The Kier molecular flexibility index (Phi) is 1.40. The van der Waals surface area contributed by atoms with Crippen molar-refractivity contribution in [2.24, 2.45) is 11.8 Å². The molecule has 1 saturated heterocycles. The fraction of sp³-hybridized carbons (Fsp3) is 0.818. The van der Waals surface area contributed by atoms with Crippen LogP contribution >= 0.6 is 0 Å². The highest BCUT2D eigenvalue weighted by molar-refractivity contribution is 5.28. The van der Waals surface area contributed by atoms with E-state index in [1.54, 1.807) is 11.1 Å². The third kappa shape index (κ3) is 0.957. The van der Waals surface area contributed by atoms with Crippen LogP contribution in [-0.2, 0) is 4.74 Å². The van der Waals surface area contributed by atoms with Crippen LogP contribution in [0, 0.1) is 11.8 Å². The molecule has 1 heterocycles. The number of ether oxygens (including phenoxy) is 1. The molecule has 2 fully saturated rings. The van der Waals surface area contributed by atoms with Gasteiger partial charge in [-0.3, -0.25) is 0 Å². The predicted molar refractivity (Wildman–Crippen MR) is 47.9 cm³/mol. The highest BCUT2D eigenvalue weighted by Crippen LogP contribution is 2.50. The minimum Gasteiger partial charge on any atom is -0.373 e. The summed E-state index contributed by atoms with van der Waals surface area (Å²) in [6, 6.07) is 0. The quantitative estimate of drug-likeness (QED) is 0.451. The Morgan fingerprint density at radius 2 is 2.08 bits per heavy atom. The second-order valence-corrected chi connectivity index (χ2v) is 4.57. The fourth-order valence-corrected chi connectivity index (χ4v) is 3.03. The fourth-order valence-electron chi connectivity index (χ4n) is 3.03. The van der Waals surface area contributed by atoms with Gasteiger partial charge >= 0.3 is 0 Å². The number of hydrogen-bond acceptors (Lipinski definition) is 1. The average molecular weight is 164 g/mol. The van der Waals surface area contributed by atoms with Crippen molar-refractivity contribution in [1.29, 1.82) is 0 Å². The van der Waals surface area contributed by atoms with E-state index in [0.29, 0.717) is 6.10 Å². The van der Waals surface area contributed by atoms with Gasteiger partial charge in [-0.25, -0.2) is 0 Å². The van der Waals surface area contributed by atoms with Crippen molar-refractivity contribution >= 4 is 0 Å². The van der Waals surface area contributed by atoms with Crippen LogP contribution in [0.4, 0.5) is 0 Å². The van der Waals surface area contributed by atoms with Gasteiger partial charge in [0.05, 0.1) is 12.7 Å². The number of allylic oxidation sites excluding steroid dienone is 1. The van der Waals surface area contributed by atoms with Gasteiger partial charge in [0.1, 0.15) is 0 Å². The van der Waals surface area contributed by atoms with Crippen molar-refractivity contribution in [1.82, 2.24) is 0 Å². The third-order valence-corrected chi connectivity index (χ3v) is 3.89. The van der Waals surface area contributed by atoms with Crippen LogP contribution in [0.15, 0.2) is 11.1 Å². The molecule has 2 aliphatic carbocycles. The van der Waals surface area contributed by atoms with Crippen LogP contribution < -0.4 is 0 Å². The maximum atomic E-state index is 5.29. The molecule has 1 saturated carbocycles. The number of epoxide rings is 1. The van der Waals surface area contributed by atoms with E-state index in [0.717, 1.165) is 18.4 Å². The van der Waals surface area contributed by atoms with Gasteiger partial charge in [0.15, 0.2) is 0 Å². The van der Waals surface area contributed by atoms with Gasteiger partial charge in [0, 0.05) is 0 Å². The summed E-state index contributed by atoms with van der Waals surface area (Å²) >= 11 is 0. The summed E-state index contributed by atoms with van der Waals surface area (Å²) in [5.74, 6) is 1.92. The Hall–Kier alpha value is -0.300. The summed E-state index contributed by atoms with van der Waals surface area (Å²) in [6.45, 7) is 3.37. The molecule has 3 aliphatic rings. The van der Waals surface area contributed by atoms with Gasteiger partial charge in [-0.2, -0.15) is 0 Å². The van der Waals surface area contributed by atoms with E-state index in [1.165, 1.54) is 25.7 Å². The summed E-state index contributed by atoms with van der Waals surface area (Å²) in [5.41, 5.74) is 3.50. The molecule has 3 unspecified atom stereocenters. The van der Waals surface area contributed by atoms with Crippen molar-refractivity contribution in [3.05, 3.63) is 11.1 Å². The van der Waals surface area contributed by atoms with E-state index < -0.39 is 0 Å². The molecule has 1 heteroatoms. The van der Waals surface area contributed by atoms with Crippen molar-refractivity contribution in [3.8, 4) is 0 Å². The van der Waals surface area contributed by atoms with E-state index in [9.17, 15) is 0 Å². The van der Waals surface area contributed by atoms with Crippen molar-refractivity contribution in [3.63, 3.8) is 0 Å². The van der Waals surface area contributed by atoms with Gasteiger partial charge < -0.3 is 4.74 Å². The van der Waals surface area contributed by atoms with Gasteiger partial charge in [-0.05, 0) is 44.4 Å². The minimum atomic E-state index is 0.606. The first-order chi connectivity index (χ1) is 5.84. The van der Waals surface area contributed by atoms with Crippen LogP contribution in [0.1, 0.15) is 32.6 Å². The lowest BCUT2D eigenvalue weighted by Crippen LogP contribution is -2.03. The van der Waals surface area contributed by atoms with Gasteiger partial charge in [-0.15, -0.1) is 0 Å². The summed E-state index contributed by atoms with van der Waals surface area (Å²) in [7, 11) is 0. The molecule has 1 nitrogen and oxygen atoms in total. The maximum Gasteiger partial charge on any atom is 0.0847 e. The summed E-state index contributed by atoms with van der Waals surface area (Å²) in [5, 5.41) is 0. The van der Waals surface area contributed by atoms with Crippen LogP contribution in [0.5, 0.6) is 0 Å². The lowest BCUT2D eigenvalue weighted by molar-refractivity contribution is 0.400. The summed E-state index contributed by atoms with van der Waals surface area (Å²) < 4.78 is 5.29. The molecule has 0 aromatic heterocycles. The predicted octanol–water partition coefficient (Wildman–Crippen LogP) is 2.52. The van der Waals surface area contributed by atoms with Crippen molar-refractivity contribution < 1.29 is 4.74 Å². The van der Waals surface area contributed by atoms with Crippen molar-refractivity contribution in [2.45, 2.75) is 38.7 Å². The van der Waals surface area contributed by atoms with E-state index in [1.807, 2.05) is 0 Å². The Labute approximate surface area is 73.8 Å². The zero-order valence-corrected chi connectivity index (χ0v) is 7.68. The molecule has 0 radical (unpaired) electrons. The average Bonchev–Trinajstić information content (AvgIpc) is 2.67. The van der Waals surface area contributed by atoms with E-state index >= 15 is 0 Å². The molecule has 0 aromatic rings. The molecule has 2 bridgehead atoms. The molecule has 0 amide bonds. The zero-order valence-electron chi connectivity index (χ0n) is 7.68. The molecule has 3 rings (SSSR count). The topological polar surface area (TPSA) is 12.5 Å². The molecule has 0 N–H and O–H groups in total. The van der Waals surface area contributed by atoms with Crippen LogP contribution in [0.2, 0.25) is 0 Å². The van der Waals surface area contributed by atoms with Crippen LogP contribution in [-0.4, -0.2) is 12.7 Å². The van der Waals surface area contributed by atoms with Crippen molar-refractivity contribution in [2.75, 3.05) is 6.61 Å². The highest BCUT2D eigenvalue weighted by Gasteiger charge is 2.39. The maximum absolute atomic E-state index is 5.29. The first kappa shape index (κ1) is 7.14. The van der Waals surface area contributed by atoms with E-state index in [2.05, 4.69) is 6.92 Å². The van der Waals surface area contributed by atoms with E-state index in [4.69, 9.17) is 4.74 Å². The lowest BCUT2D eigenvalue weighted by Gasteiger charge is -2.16. The normalized spacial score (nSPS) is 44.2. The molecule has 66 valence electrons. The Morgan fingerprint density at radius 3 is 2.67 bits per heavy atom. The first-order valence-electron chi connectivity index (χ1n) is 5.15. The molecule has 3 atom stereocenters. The van der Waals surface area contributed by atoms with Gasteiger partial charge in [0.25, 0.3) is 0 Å². The zero-order chi connectivity index (χ0) is 8.13. The van der Waals surface area contributed by atoms with E-state index in [-0.39, 0.29) is 0 Å². The molecule has 1 aliphatic heterocycles. The van der Waals surface area contributed by atoms with Crippen LogP contribution in [0.3, 0.4) is 0 Å². The lowest BCUT2D eigenvalue weighted by atomic mass is 9.90. The minimum absolute atomic E-state index is 0.606. The smallest absolute Gasteiger partial charge is 0.0847 e. The standard InChI is InChI=1S/C11H16O/c1-7-8-2-3-9(4-8)11(7)5-10-6-12-10/h8-10H,2-6H2,1H3. The monoisotopic (exact) mass is 164 g/mol. The van der Waals surface area contributed by atoms with Gasteiger partial charge in [0.2, 0.25) is 0 Å². The van der Waals surface area contributed by atoms with Crippen LogP contribution in [0.25, 0.3) is 0 Å². The first-order valence-corrected chi connectivity index (χ1v) is 5.15. The number of fused-ring (bicyclic) bond motifs is 2. The largest absolute Gasteiger partial charge is 0.373 e. The number of rotatable bonds is 2. The second kappa shape index (κ2) is 2.35. The Balaban J connectivity index is 1.81.